The molecule has 1 aromatic rings. The normalized spacial score (nSPS) is 20.2. The Kier molecular flexibility index (Phi) is 12.9. The zero-order valence-electron chi connectivity index (χ0n) is 26.8. The number of nitrogens with one attached hydrogen (secondary N) is 1. The van der Waals surface area contributed by atoms with E-state index < -0.39 is 25.9 Å². The predicted molar refractivity (Wildman–Crippen MR) is 163 cm³/mol. The number of anilines is 1. The van der Waals surface area contributed by atoms with Crippen molar-refractivity contribution in [1.82, 2.24) is 0 Å². The summed E-state index contributed by atoms with van der Waals surface area (Å²) in [5.41, 5.74) is 0.332. The number of carbonyl (C=O) groups excluding carboxylic acids is 2. The highest BCUT2D eigenvalue weighted by Gasteiger charge is 2.44. The molecule has 1 aliphatic rings. The van der Waals surface area contributed by atoms with Gasteiger partial charge in [0.1, 0.15) is 17.1 Å². The molecule has 10 heteroatoms. The molecule has 232 valence electrons. The number of rotatable bonds is 15. The molecule has 0 saturated carbocycles. The van der Waals surface area contributed by atoms with Gasteiger partial charge in [-0.2, -0.15) is 0 Å². The van der Waals surface area contributed by atoms with Gasteiger partial charge in [0.25, 0.3) is 0 Å². The quantitative estimate of drug-likeness (QED) is 0.106. The SMILES string of the molecule is COCOc1cc(OC)cc(NC(=O)C[C@H]2OC(C)(C)O[C@@H]2C(C)/C=C\[C@H](C)C(C)C)c1C(=O)OCC[Si](C)(C)C. The third kappa shape index (κ3) is 11.1. The van der Waals surface area contributed by atoms with Crippen molar-refractivity contribution in [1.29, 1.82) is 0 Å². The molecule has 1 N–H and O–H groups in total. The highest BCUT2D eigenvalue weighted by atomic mass is 28.3. The van der Waals surface area contributed by atoms with Crippen molar-refractivity contribution in [3.63, 3.8) is 0 Å². The lowest BCUT2D eigenvalue weighted by atomic mass is 9.92. The van der Waals surface area contributed by atoms with Crippen LogP contribution in [0.3, 0.4) is 0 Å². The zero-order chi connectivity index (χ0) is 31.0. The van der Waals surface area contributed by atoms with Gasteiger partial charge in [-0.05, 0) is 31.7 Å². The lowest BCUT2D eigenvalue weighted by Crippen LogP contribution is -2.32. The number of benzene rings is 1. The fraction of sp³-hybridized carbons (Fsp3) is 0.677. The summed E-state index contributed by atoms with van der Waals surface area (Å²) in [6.07, 6.45) is 3.56. The Labute approximate surface area is 247 Å². The third-order valence-corrected chi connectivity index (χ3v) is 8.81. The van der Waals surface area contributed by atoms with E-state index in [0.717, 1.165) is 6.04 Å². The van der Waals surface area contributed by atoms with Crippen molar-refractivity contribution in [2.24, 2.45) is 17.8 Å². The first-order valence-electron chi connectivity index (χ1n) is 14.4. The maximum absolute atomic E-state index is 13.4. The van der Waals surface area contributed by atoms with Crippen LogP contribution < -0.4 is 14.8 Å². The van der Waals surface area contributed by atoms with Crippen LogP contribution in [0.1, 0.15) is 58.3 Å². The minimum Gasteiger partial charge on any atom is -0.497 e. The second-order valence-electron chi connectivity index (χ2n) is 12.8. The summed E-state index contributed by atoms with van der Waals surface area (Å²) in [5.74, 6) is -0.197. The summed E-state index contributed by atoms with van der Waals surface area (Å²) in [5, 5.41) is 2.88. The van der Waals surface area contributed by atoms with Crippen LogP contribution in [0, 0.1) is 17.8 Å². The summed E-state index contributed by atoms with van der Waals surface area (Å²) >= 11 is 0. The van der Waals surface area contributed by atoms with Gasteiger partial charge in [0.05, 0.1) is 38.0 Å². The summed E-state index contributed by atoms with van der Waals surface area (Å²) in [7, 11) is 1.55. The fourth-order valence-corrected chi connectivity index (χ4v) is 5.02. The average molecular weight is 594 g/mol. The van der Waals surface area contributed by atoms with Crippen molar-refractivity contribution in [3.05, 3.63) is 29.8 Å². The Morgan fingerprint density at radius 3 is 2.34 bits per heavy atom. The Balaban J connectivity index is 2.31. The van der Waals surface area contributed by atoms with E-state index in [4.69, 9.17) is 28.4 Å². The molecule has 0 radical (unpaired) electrons. The number of amides is 1. The van der Waals surface area contributed by atoms with E-state index >= 15 is 0 Å². The molecule has 1 aliphatic heterocycles. The number of allylic oxidation sites excluding steroid dienone is 1. The number of hydrogen-bond donors (Lipinski definition) is 1. The highest BCUT2D eigenvalue weighted by Crippen LogP contribution is 2.36. The number of carbonyl (C=O) groups is 2. The van der Waals surface area contributed by atoms with Crippen LogP contribution in [0.15, 0.2) is 24.3 Å². The smallest absolute Gasteiger partial charge is 0.344 e. The monoisotopic (exact) mass is 593 g/mol. The van der Waals surface area contributed by atoms with Crippen LogP contribution in [0.5, 0.6) is 11.5 Å². The first kappa shape index (κ1) is 34.8. The molecule has 1 amide bonds. The van der Waals surface area contributed by atoms with Gasteiger partial charge < -0.3 is 33.7 Å². The molecule has 2 rings (SSSR count). The minimum absolute atomic E-state index is 0.0264. The molecule has 0 bridgehead atoms. The van der Waals surface area contributed by atoms with Crippen LogP contribution in [0.2, 0.25) is 25.7 Å². The molecular weight excluding hydrogens is 542 g/mol. The Hall–Kier alpha value is -2.40. The molecule has 9 nitrogen and oxygen atoms in total. The number of ether oxygens (including phenoxy) is 6. The second-order valence-corrected chi connectivity index (χ2v) is 18.4. The van der Waals surface area contributed by atoms with E-state index in [2.05, 4.69) is 64.8 Å². The Bertz CT molecular complexity index is 1050. The predicted octanol–water partition coefficient (Wildman–Crippen LogP) is 6.51. The third-order valence-electron chi connectivity index (χ3n) is 7.10. The molecule has 1 aromatic carbocycles. The molecule has 1 heterocycles. The first-order chi connectivity index (χ1) is 19.1. The van der Waals surface area contributed by atoms with E-state index in [1.54, 1.807) is 12.1 Å². The highest BCUT2D eigenvalue weighted by molar-refractivity contribution is 6.76. The van der Waals surface area contributed by atoms with E-state index in [0.29, 0.717) is 17.6 Å². The molecule has 0 spiro atoms. The van der Waals surface area contributed by atoms with Crippen molar-refractivity contribution in [3.8, 4) is 11.5 Å². The van der Waals surface area contributed by atoms with Gasteiger partial charge in [0.2, 0.25) is 5.91 Å². The maximum Gasteiger partial charge on any atom is 0.344 e. The van der Waals surface area contributed by atoms with Gasteiger partial charge in [-0.3, -0.25) is 4.79 Å². The van der Waals surface area contributed by atoms with E-state index in [-0.39, 0.29) is 54.8 Å². The molecule has 0 aliphatic carbocycles. The zero-order valence-corrected chi connectivity index (χ0v) is 27.8. The standard InChI is InChI=1S/C31H51NO8Si/c1-20(2)21(3)12-13-22(4)29-26(39-31(5,6)40-29)18-27(33)32-24-16-23(36-8)17-25(38-19-35-7)28(24)30(34)37-14-15-41(9,10)11/h12-13,16-17,20-22,26,29H,14-15,18-19H2,1-11H3,(H,32,33)/b13-12-/t21-,22?,26+,29+/m0/s1. The van der Waals surface area contributed by atoms with Crippen LogP contribution in [0.4, 0.5) is 5.69 Å². The summed E-state index contributed by atoms with van der Waals surface area (Å²) in [6, 6.07) is 3.96. The maximum atomic E-state index is 13.4. The molecule has 41 heavy (non-hydrogen) atoms. The lowest BCUT2D eigenvalue weighted by molar-refractivity contribution is -0.150. The van der Waals surface area contributed by atoms with Crippen LogP contribution in [0.25, 0.3) is 0 Å². The first-order valence-corrected chi connectivity index (χ1v) is 18.1. The lowest BCUT2D eigenvalue weighted by Gasteiger charge is -2.22. The fourth-order valence-electron chi connectivity index (χ4n) is 4.31. The molecular formula is C31H51NO8Si. The molecule has 0 aromatic heterocycles. The van der Waals surface area contributed by atoms with Crippen LogP contribution in [-0.4, -0.2) is 65.6 Å². The van der Waals surface area contributed by atoms with Gasteiger partial charge >= 0.3 is 5.97 Å². The van der Waals surface area contributed by atoms with Crippen LogP contribution in [-0.2, 0) is 23.7 Å². The Morgan fingerprint density at radius 2 is 1.76 bits per heavy atom. The van der Waals surface area contributed by atoms with Crippen LogP contribution >= 0.6 is 0 Å². The molecule has 1 saturated heterocycles. The van der Waals surface area contributed by atoms with Crippen molar-refractivity contribution < 1.29 is 38.0 Å². The minimum atomic E-state index is -1.43. The van der Waals surface area contributed by atoms with Crippen molar-refractivity contribution >= 4 is 25.6 Å². The van der Waals surface area contributed by atoms with Crippen molar-refractivity contribution in [2.75, 3.05) is 32.9 Å². The Morgan fingerprint density at radius 1 is 1.07 bits per heavy atom. The van der Waals surface area contributed by atoms with Gasteiger partial charge in [-0.15, -0.1) is 0 Å². The van der Waals surface area contributed by atoms with Gasteiger partial charge in [0, 0.05) is 33.2 Å². The molecule has 4 atom stereocenters. The second kappa shape index (κ2) is 15.2. The van der Waals surface area contributed by atoms with Gasteiger partial charge in [-0.1, -0.05) is 59.5 Å². The van der Waals surface area contributed by atoms with E-state index in [1.165, 1.54) is 14.2 Å². The number of methoxy groups -OCH3 is 2. The topological polar surface area (TPSA) is 102 Å². The van der Waals surface area contributed by atoms with Gasteiger partial charge in [0.15, 0.2) is 12.6 Å². The molecule has 1 unspecified atom stereocenters. The summed E-state index contributed by atoms with van der Waals surface area (Å²) < 4.78 is 34.2. The van der Waals surface area contributed by atoms with Crippen molar-refractivity contribution in [2.45, 2.75) is 91.6 Å². The number of hydrogen-bond acceptors (Lipinski definition) is 8. The summed E-state index contributed by atoms with van der Waals surface area (Å²) in [6.45, 7) is 19.1. The number of esters is 1. The molecule has 1 fully saturated rings. The van der Waals surface area contributed by atoms with E-state index in [9.17, 15) is 9.59 Å². The summed E-state index contributed by atoms with van der Waals surface area (Å²) in [4.78, 5) is 26.7. The van der Waals surface area contributed by atoms with Gasteiger partial charge in [-0.25, -0.2) is 4.79 Å². The van der Waals surface area contributed by atoms with E-state index in [1.807, 2.05) is 13.8 Å². The average Bonchev–Trinajstić information content (AvgIpc) is 3.17. The largest absolute Gasteiger partial charge is 0.497 e.